The van der Waals surface area contributed by atoms with Crippen LogP contribution in [0.3, 0.4) is 0 Å². The van der Waals surface area contributed by atoms with Gasteiger partial charge in [0.25, 0.3) is 0 Å². The lowest BCUT2D eigenvalue weighted by molar-refractivity contribution is 0.596. The van der Waals surface area contributed by atoms with Gasteiger partial charge in [0.05, 0.1) is 9.79 Å². The quantitative estimate of drug-likeness (QED) is 0.793. The highest BCUT2D eigenvalue weighted by molar-refractivity contribution is 9.13. The summed E-state index contributed by atoms with van der Waals surface area (Å²) in [6, 6.07) is 13.3. The molecular formula is C12H8Br2O2S. The van der Waals surface area contributed by atoms with E-state index in [0.29, 0.717) is 4.90 Å². The van der Waals surface area contributed by atoms with Crippen LogP contribution in [0.4, 0.5) is 0 Å². The highest BCUT2D eigenvalue weighted by atomic mass is 79.9. The monoisotopic (exact) mass is 374 g/mol. The van der Waals surface area contributed by atoms with Gasteiger partial charge in [-0.3, -0.25) is 0 Å². The van der Waals surface area contributed by atoms with Gasteiger partial charge < -0.3 is 0 Å². The first-order valence-corrected chi connectivity index (χ1v) is 7.84. The molecule has 0 aromatic heterocycles. The van der Waals surface area contributed by atoms with Crippen LogP contribution in [0, 0.1) is 0 Å². The van der Waals surface area contributed by atoms with Crippen LogP contribution < -0.4 is 0 Å². The van der Waals surface area contributed by atoms with Gasteiger partial charge in [-0.15, -0.1) is 0 Å². The van der Waals surface area contributed by atoms with E-state index in [1.807, 2.05) is 0 Å². The molecule has 88 valence electrons. The normalized spacial score (nSPS) is 11.4. The summed E-state index contributed by atoms with van der Waals surface area (Å²) in [7, 11) is -3.43. The van der Waals surface area contributed by atoms with Gasteiger partial charge in [-0.05, 0) is 62.2 Å². The highest BCUT2D eigenvalue weighted by Gasteiger charge is 2.17. The second-order valence-corrected chi connectivity index (χ2v) is 7.05. The van der Waals surface area contributed by atoms with Crippen LogP contribution in [0.2, 0.25) is 0 Å². The lowest BCUT2D eigenvalue weighted by Gasteiger charge is -2.05. The van der Waals surface area contributed by atoms with E-state index in [0.717, 1.165) is 8.95 Å². The van der Waals surface area contributed by atoms with E-state index in [-0.39, 0.29) is 4.90 Å². The molecule has 2 nitrogen and oxygen atoms in total. The standard InChI is InChI=1S/C12H8Br2O2S/c13-11-7-6-10(8-12(11)14)17(15,16)9-4-2-1-3-5-9/h1-8H. The molecule has 0 aliphatic rings. The van der Waals surface area contributed by atoms with Crippen LogP contribution in [-0.2, 0) is 9.84 Å². The average Bonchev–Trinajstić information content (AvgIpc) is 2.33. The SMILES string of the molecule is O=S(=O)(c1ccccc1)c1ccc(Br)c(Br)c1. The van der Waals surface area contributed by atoms with Crippen LogP contribution in [0.25, 0.3) is 0 Å². The van der Waals surface area contributed by atoms with Crippen molar-refractivity contribution in [2.75, 3.05) is 0 Å². The fourth-order valence-corrected chi connectivity index (χ4v) is 3.46. The van der Waals surface area contributed by atoms with E-state index in [2.05, 4.69) is 31.9 Å². The zero-order valence-electron chi connectivity index (χ0n) is 8.60. The Kier molecular flexibility index (Phi) is 3.70. The Morgan fingerprint density at radius 1 is 0.765 bits per heavy atom. The summed E-state index contributed by atoms with van der Waals surface area (Å²) in [5, 5.41) is 0. The molecule has 0 aliphatic carbocycles. The summed E-state index contributed by atoms with van der Waals surface area (Å²) in [4.78, 5) is 0.577. The lowest BCUT2D eigenvalue weighted by Crippen LogP contribution is -2.01. The van der Waals surface area contributed by atoms with Gasteiger partial charge in [0.2, 0.25) is 9.84 Å². The van der Waals surface area contributed by atoms with Crippen molar-refractivity contribution in [3.05, 3.63) is 57.5 Å². The summed E-state index contributed by atoms with van der Waals surface area (Å²) in [5.41, 5.74) is 0. The third-order valence-corrected chi connectivity index (χ3v) is 5.90. The van der Waals surface area contributed by atoms with Crippen molar-refractivity contribution in [2.24, 2.45) is 0 Å². The molecule has 2 aromatic carbocycles. The maximum atomic E-state index is 12.3. The van der Waals surface area contributed by atoms with Crippen molar-refractivity contribution < 1.29 is 8.42 Å². The number of hydrogen-bond donors (Lipinski definition) is 0. The van der Waals surface area contributed by atoms with Gasteiger partial charge in [0.1, 0.15) is 0 Å². The van der Waals surface area contributed by atoms with Crippen LogP contribution in [-0.4, -0.2) is 8.42 Å². The Labute approximate surface area is 117 Å². The first-order valence-electron chi connectivity index (χ1n) is 4.77. The first kappa shape index (κ1) is 12.8. The van der Waals surface area contributed by atoms with Crippen LogP contribution in [0.1, 0.15) is 0 Å². The molecule has 0 saturated carbocycles. The molecule has 0 bridgehead atoms. The molecular weight excluding hydrogens is 368 g/mol. The summed E-state index contributed by atoms with van der Waals surface area (Å²) >= 11 is 6.61. The number of rotatable bonds is 2. The molecule has 2 rings (SSSR count). The highest BCUT2D eigenvalue weighted by Crippen LogP contribution is 2.28. The van der Waals surface area contributed by atoms with Crippen molar-refractivity contribution in [1.29, 1.82) is 0 Å². The minimum Gasteiger partial charge on any atom is -0.219 e. The minimum absolute atomic E-state index is 0.277. The van der Waals surface area contributed by atoms with Crippen molar-refractivity contribution in [1.82, 2.24) is 0 Å². The second-order valence-electron chi connectivity index (χ2n) is 3.39. The second kappa shape index (κ2) is 4.92. The molecule has 0 N–H and O–H groups in total. The van der Waals surface area contributed by atoms with Gasteiger partial charge >= 0.3 is 0 Å². The zero-order chi connectivity index (χ0) is 12.5. The van der Waals surface area contributed by atoms with Gasteiger partial charge in [-0.1, -0.05) is 18.2 Å². The Hall–Kier alpha value is -0.650. The van der Waals surface area contributed by atoms with Crippen LogP contribution in [0.5, 0.6) is 0 Å². The van der Waals surface area contributed by atoms with Crippen LogP contribution >= 0.6 is 31.9 Å². The van der Waals surface area contributed by atoms with E-state index in [1.165, 1.54) is 0 Å². The molecule has 0 atom stereocenters. The molecule has 2 aromatic rings. The van der Waals surface area contributed by atoms with E-state index in [1.54, 1.807) is 48.5 Å². The number of hydrogen-bond acceptors (Lipinski definition) is 2. The summed E-state index contributed by atoms with van der Waals surface area (Å²) in [6.45, 7) is 0. The molecule has 0 fully saturated rings. The molecule has 0 amide bonds. The largest absolute Gasteiger partial charge is 0.219 e. The number of benzene rings is 2. The average molecular weight is 376 g/mol. The smallest absolute Gasteiger partial charge is 0.206 e. The molecule has 5 heteroatoms. The Morgan fingerprint density at radius 3 is 2.00 bits per heavy atom. The lowest BCUT2D eigenvalue weighted by atomic mass is 10.4. The van der Waals surface area contributed by atoms with Gasteiger partial charge in [0, 0.05) is 8.95 Å². The first-order chi connectivity index (χ1) is 8.01. The van der Waals surface area contributed by atoms with Gasteiger partial charge in [-0.2, -0.15) is 0 Å². The minimum atomic E-state index is -3.43. The van der Waals surface area contributed by atoms with Crippen molar-refractivity contribution in [2.45, 2.75) is 9.79 Å². The molecule has 0 radical (unpaired) electrons. The van der Waals surface area contributed by atoms with Crippen molar-refractivity contribution in [3.63, 3.8) is 0 Å². The molecule has 0 heterocycles. The Bertz CT molecular complexity index is 637. The van der Waals surface area contributed by atoms with E-state index in [4.69, 9.17) is 0 Å². The fraction of sp³-hybridized carbons (Fsp3) is 0. The zero-order valence-corrected chi connectivity index (χ0v) is 12.6. The Balaban J connectivity index is 2.57. The van der Waals surface area contributed by atoms with E-state index < -0.39 is 9.84 Å². The maximum Gasteiger partial charge on any atom is 0.206 e. The predicted octanol–water partition coefficient (Wildman–Crippen LogP) is 4.04. The molecule has 17 heavy (non-hydrogen) atoms. The third kappa shape index (κ3) is 2.61. The van der Waals surface area contributed by atoms with Crippen LogP contribution in [0.15, 0.2) is 67.3 Å². The third-order valence-electron chi connectivity index (χ3n) is 2.25. The van der Waals surface area contributed by atoms with Crippen molar-refractivity contribution in [3.8, 4) is 0 Å². The summed E-state index contributed by atoms with van der Waals surface area (Å²) < 4.78 is 26.1. The topological polar surface area (TPSA) is 34.1 Å². The van der Waals surface area contributed by atoms with Crippen molar-refractivity contribution >= 4 is 41.7 Å². The van der Waals surface area contributed by atoms with Gasteiger partial charge in [0.15, 0.2) is 0 Å². The van der Waals surface area contributed by atoms with E-state index in [9.17, 15) is 8.42 Å². The molecule has 0 spiro atoms. The fourth-order valence-electron chi connectivity index (χ4n) is 1.38. The summed E-state index contributed by atoms with van der Waals surface area (Å²) in [5.74, 6) is 0. The predicted molar refractivity (Wildman–Crippen MR) is 73.7 cm³/mol. The molecule has 0 saturated heterocycles. The van der Waals surface area contributed by atoms with Gasteiger partial charge in [-0.25, -0.2) is 8.42 Å². The number of halogens is 2. The Morgan fingerprint density at radius 2 is 1.41 bits per heavy atom. The maximum absolute atomic E-state index is 12.3. The molecule has 0 aliphatic heterocycles. The summed E-state index contributed by atoms with van der Waals surface area (Å²) in [6.07, 6.45) is 0. The van der Waals surface area contributed by atoms with E-state index >= 15 is 0 Å². The number of sulfone groups is 1. The molecule has 0 unspecified atom stereocenters.